The van der Waals surface area contributed by atoms with Crippen LogP contribution in [0.2, 0.25) is 0 Å². The van der Waals surface area contributed by atoms with Crippen LogP contribution in [0.1, 0.15) is 49.8 Å². The molecule has 5 rings (SSSR count). The molecule has 0 N–H and O–H groups in total. The first-order valence-corrected chi connectivity index (χ1v) is 11.7. The second-order valence-electron chi connectivity index (χ2n) is 8.77. The maximum absolute atomic E-state index is 13.2. The lowest BCUT2D eigenvalue weighted by molar-refractivity contribution is -0.0498. The number of alkyl halides is 2. The minimum Gasteiger partial charge on any atom is -0.454 e. The summed E-state index contributed by atoms with van der Waals surface area (Å²) in [6, 6.07) is 15.4. The van der Waals surface area contributed by atoms with Crippen molar-refractivity contribution in [3.05, 3.63) is 88.4 Å². The Morgan fingerprint density at radius 2 is 1.81 bits per heavy atom. The summed E-state index contributed by atoms with van der Waals surface area (Å²) in [5.74, 6) is -0.798. The number of hydrogen-bond donors (Lipinski definition) is 0. The summed E-state index contributed by atoms with van der Waals surface area (Å²) in [5, 5.41) is 0.730. The Bertz CT molecular complexity index is 1480. The Kier molecular flexibility index (Phi) is 6.26. The standard InChI is InChI=1S/C28H24F2N2O4/c1-16-14-22(17(2)32(16)18-10-12-19(13-11-18)36-28(29)30)25(33)15-35-27(34)26-20-6-3-4-8-23(20)31-24-9-5-7-21(24)26/h3-4,6,8,10-14,28H,5,7,9,15H2,1-2H3. The Morgan fingerprint density at radius 3 is 2.56 bits per heavy atom. The molecule has 0 unspecified atom stereocenters. The fraction of sp³-hybridized carbons (Fsp3) is 0.250. The second kappa shape index (κ2) is 9.53. The van der Waals surface area contributed by atoms with Gasteiger partial charge in [-0.05, 0) is 75.1 Å². The topological polar surface area (TPSA) is 70.4 Å². The molecule has 2 aromatic carbocycles. The number of pyridine rings is 1. The monoisotopic (exact) mass is 490 g/mol. The number of benzene rings is 2. The average molecular weight is 491 g/mol. The number of Topliss-reactive ketones (excluding diaryl/α,β-unsaturated/α-hetero) is 1. The van der Waals surface area contributed by atoms with E-state index in [1.807, 2.05) is 35.8 Å². The first-order chi connectivity index (χ1) is 17.3. The van der Waals surface area contributed by atoms with Crippen molar-refractivity contribution in [3.8, 4) is 11.4 Å². The Labute approximate surface area is 206 Å². The molecule has 0 aliphatic heterocycles. The Balaban J connectivity index is 1.36. The van der Waals surface area contributed by atoms with Crippen LogP contribution < -0.4 is 4.74 Å². The van der Waals surface area contributed by atoms with E-state index in [1.54, 1.807) is 25.1 Å². The molecule has 6 nitrogen and oxygen atoms in total. The molecule has 2 heterocycles. The summed E-state index contributed by atoms with van der Waals surface area (Å²) in [6.07, 6.45) is 2.51. The second-order valence-corrected chi connectivity index (χ2v) is 8.77. The zero-order valence-electron chi connectivity index (χ0n) is 19.9. The largest absolute Gasteiger partial charge is 0.454 e. The predicted octanol–water partition coefficient (Wildman–Crippen LogP) is 5.77. The molecule has 0 saturated carbocycles. The summed E-state index contributed by atoms with van der Waals surface area (Å²) in [7, 11) is 0. The number of hydrogen-bond acceptors (Lipinski definition) is 5. The molecule has 8 heteroatoms. The maximum atomic E-state index is 13.2. The van der Waals surface area contributed by atoms with E-state index in [1.165, 1.54) is 12.1 Å². The van der Waals surface area contributed by atoms with Crippen LogP contribution >= 0.6 is 0 Å². The van der Waals surface area contributed by atoms with Crippen molar-refractivity contribution in [2.75, 3.05) is 6.61 Å². The molecule has 36 heavy (non-hydrogen) atoms. The highest BCUT2D eigenvalue weighted by atomic mass is 19.3. The van der Waals surface area contributed by atoms with E-state index in [4.69, 9.17) is 9.72 Å². The van der Waals surface area contributed by atoms with Crippen molar-refractivity contribution >= 4 is 22.7 Å². The van der Waals surface area contributed by atoms with Gasteiger partial charge < -0.3 is 14.0 Å². The highest BCUT2D eigenvalue weighted by Crippen LogP contribution is 2.31. The number of aryl methyl sites for hydroxylation is 2. The average Bonchev–Trinajstić information content (AvgIpc) is 3.44. The van der Waals surface area contributed by atoms with E-state index in [2.05, 4.69) is 4.74 Å². The van der Waals surface area contributed by atoms with Crippen molar-refractivity contribution in [1.82, 2.24) is 9.55 Å². The number of carbonyl (C=O) groups is 2. The van der Waals surface area contributed by atoms with Crippen molar-refractivity contribution in [1.29, 1.82) is 0 Å². The molecule has 0 atom stereocenters. The number of carbonyl (C=O) groups excluding carboxylic acids is 2. The fourth-order valence-corrected chi connectivity index (χ4v) is 4.94. The number of halogens is 2. The zero-order valence-corrected chi connectivity index (χ0v) is 19.9. The summed E-state index contributed by atoms with van der Waals surface area (Å²) in [4.78, 5) is 30.9. The smallest absolute Gasteiger partial charge is 0.387 e. The highest BCUT2D eigenvalue weighted by Gasteiger charge is 2.26. The van der Waals surface area contributed by atoms with Gasteiger partial charge >= 0.3 is 12.6 Å². The number of fused-ring (bicyclic) bond motifs is 2. The highest BCUT2D eigenvalue weighted by molar-refractivity contribution is 6.07. The first kappa shape index (κ1) is 23.7. The third kappa shape index (κ3) is 4.34. The van der Waals surface area contributed by atoms with Gasteiger partial charge in [-0.25, -0.2) is 4.79 Å². The van der Waals surface area contributed by atoms with Crippen molar-refractivity contribution in [3.63, 3.8) is 0 Å². The van der Waals surface area contributed by atoms with Crippen LogP contribution in [0, 0.1) is 13.8 Å². The van der Waals surface area contributed by atoms with Gasteiger partial charge in [-0.15, -0.1) is 0 Å². The zero-order chi connectivity index (χ0) is 25.4. The van der Waals surface area contributed by atoms with Crippen LogP contribution in [-0.4, -0.2) is 34.5 Å². The molecule has 0 amide bonds. The molecule has 2 aromatic heterocycles. The van der Waals surface area contributed by atoms with Gasteiger partial charge in [0.25, 0.3) is 0 Å². The third-order valence-electron chi connectivity index (χ3n) is 6.51. The molecule has 1 aliphatic rings. The normalized spacial score (nSPS) is 12.7. The van der Waals surface area contributed by atoms with Gasteiger partial charge in [0.1, 0.15) is 5.75 Å². The summed E-state index contributed by atoms with van der Waals surface area (Å²) in [6.45, 7) is 0.333. The SMILES string of the molecule is Cc1cc(C(=O)COC(=O)c2c3c(nc4ccccc24)CCC3)c(C)n1-c1ccc(OC(F)F)cc1. The van der Waals surface area contributed by atoms with Crippen LogP contribution in [-0.2, 0) is 17.6 Å². The van der Waals surface area contributed by atoms with E-state index in [0.717, 1.165) is 47.1 Å². The number of aromatic nitrogens is 2. The van der Waals surface area contributed by atoms with Gasteiger partial charge in [0.2, 0.25) is 5.78 Å². The molecule has 184 valence electrons. The van der Waals surface area contributed by atoms with Crippen LogP contribution in [0.15, 0.2) is 54.6 Å². The molecule has 1 aliphatic carbocycles. The van der Waals surface area contributed by atoms with Crippen molar-refractivity contribution in [2.24, 2.45) is 0 Å². The fourth-order valence-electron chi connectivity index (χ4n) is 4.94. The lowest BCUT2D eigenvalue weighted by Gasteiger charge is -2.12. The number of para-hydroxylation sites is 1. The third-order valence-corrected chi connectivity index (χ3v) is 6.51. The van der Waals surface area contributed by atoms with E-state index >= 15 is 0 Å². The van der Waals surface area contributed by atoms with Gasteiger partial charge in [-0.1, -0.05) is 18.2 Å². The minimum absolute atomic E-state index is 0.0505. The molecule has 0 saturated heterocycles. The van der Waals surface area contributed by atoms with Crippen LogP contribution in [0.25, 0.3) is 16.6 Å². The summed E-state index contributed by atoms with van der Waals surface area (Å²) >= 11 is 0. The Hall–Kier alpha value is -4.07. The van der Waals surface area contributed by atoms with E-state index in [-0.39, 0.29) is 11.5 Å². The van der Waals surface area contributed by atoms with Gasteiger partial charge in [0, 0.05) is 33.7 Å². The molecule has 0 spiro atoms. The number of rotatable bonds is 7. The van der Waals surface area contributed by atoms with Crippen LogP contribution in [0.5, 0.6) is 5.75 Å². The molecular formula is C28H24F2N2O4. The van der Waals surface area contributed by atoms with E-state index in [9.17, 15) is 18.4 Å². The first-order valence-electron chi connectivity index (χ1n) is 11.7. The van der Waals surface area contributed by atoms with Gasteiger partial charge in [0.05, 0.1) is 11.1 Å². The molecule has 0 fully saturated rings. The van der Waals surface area contributed by atoms with E-state index < -0.39 is 19.2 Å². The van der Waals surface area contributed by atoms with Crippen LogP contribution in [0.3, 0.4) is 0 Å². The quantitative estimate of drug-likeness (QED) is 0.243. The van der Waals surface area contributed by atoms with Crippen LogP contribution in [0.4, 0.5) is 8.78 Å². The molecule has 4 aromatic rings. The number of ketones is 1. The Morgan fingerprint density at radius 1 is 1.06 bits per heavy atom. The van der Waals surface area contributed by atoms with E-state index in [0.29, 0.717) is 22.5 Å². The maximum Gasteiger partial charge on any atom is 0.387 e. The molecular weight excluding hydrogens is 466 g/mol. The number of esters is 1. The van der Waals surface area contributed by atoms with Gasteiger partial charge in [0.15, 0.2) is 6.61 Å². The lowest BCUT2D eigenvalue weighted by atomic mass is 10.0. The molecule has 0 bridgehead atoms. The van der Waals surface area contributed by atoms with Gasteiger partial charge in [-0.2, -0.15) is 8.78 Å². The van der Waals surface area contributed by atoms with Crippen molar-refractivity contribution < 1.29 is 27.8 Å². The number of nitrogens with zero attached hydrogens (tertiary/aromatic N) is 2. The van der Waals surface area contributed by atoms with Crippen molar-refractivity contribution in [2.45, 2.75) is 39.7 Å². The summed E-state index contributed by atoms with van der Waals surface area (Å²) < 4.78 is 36.7. The lowest BCUT2D eigenvalue weighted by Crippen LogP contribution is -2.17. The minimum atomic E-state index is -2.90. The molecule has 0 radical (unpaired) electrons. The summed E-state index contributed by atoms with van der Waals surface area (Å²) in [5.41, 5.74) is 5.62. The number of ether oxygens (including phenoxy) is 2. The predicted molar refractivity (Wildman–Crippen MR) is 130 cm³/mol. The van der Waals surface area contributed by atoms with Gasteiger partial charge in [-0.3, -0.25) is 9.78 Å².